The van der Waals surface area contributed by atoms with Crippen molar-refractivity contribution in [3.8, 4) is 5.75 Å². The normalized spacial score (nSPS) is 13.4. The Balaban J connectivity index is 1.31. The van der Waals surface area contributed by atoms with Crippen molar-refractivity contribution in [2.24, 2.45) is 0 Å². The van der Waals surface area contributed by atoms with Gasteiger partial charge in [0.2, 0.25) is 0 Å². The topological polar surface area (TPSA) is 61.9 Å². The molecule has 3 aromatic carbocycles. The van der Waals surface area contributed by atoms with E-state index in [-0.39, 0.29) is 17.4 Å². The van der Waals surface area contributed by atoms with Gasteiger partial charge in [-0.25, -0.2) is 4.39 Å². The molecule has 0 aromatic heterocycles. The van der Waals surface area contributed by atoms with Crippen LogP contribution in [0.15, 0.2) is 72.8 Å². The molecule has 6 nitrogen and oxygen atoms in total. The van der Waals surface area contributed by atoms with Crippen LogP contribution in [0, 0.1) is 5.82 Å². The van der Waals surface area contributed by atoms with Gasteiger partial charge in [-0.15, -0.1) is 0 Å². The SMILES string of the molecule is CCCCOc1cccc(C(=O)Nc2ccc(N3CCN(C(=O)c4ccccc4F)CC3)cc2)c1. The van der Waals surface area contributed by atoms with Crippen LogP contribution >= 0.6 is 0 Å². The van der Waals surface area contributed by atoms with E-state index in [4.69, 9.17) is 4.74 Å². The van der Waals surface area contributed by atoms with E-state index >= 15 is 0 Å². The first kappa shape index (κ1) is 24.3. The van der Waals surface area contributed by atoms with Crippen molar-refractivity contribution >= 4 is 23.2 Å². The summed E-state index contributed by atoms with van der Waals surface area (Å²) in [6.07, 6.45) is 2.03. The molecule has 1 aliphatic rings. The maximum absolute atomic E-state index is 14.0. The van der Waals surface area contributed by atoms with Gasteiger partial charge in [-0.3, -0.25) is 9.59 Å². The molecule has 0 radical (unpaired) electrons. The molecule has 1 N–H and O–H groups in total. The minimum Gasteiger partial charge on any atom is -0.494 e. The molecule has 35 heavy (non-hydrogen) atoms. The Morgan fingerprint density at radius 1 is 0.943 bits per heavy atom. The maximum Gasteiger partial charge on any atom is 0.256 e. The summed E-state index contributed by atoms with van der Waals surface area (Å²) in [5.74, 6) is -0.276. The standard InChI is InChI=1S/C28H30FN3O3/c1-2-3-19-35-24-8-6-7-21(20-24)27(33)30-22-11-13-23(14-12-22)31-15-17-32(18-16-31)28(34)25-9-4-5-10-26(25)29/h4-14,20H,2-3,15-19H2,1H3,(H,30,33). The molecule has 2 amide bonds. The number of nitrogens with zero attached hydrogens (tertiary/aromatic N) is 2. The molecule has 182 valence electrons. The molecule has 0 saturated carbocycles. The van der Waals surface area contributed by atoms with Crippen LogP contribution in [0.25, 0.3) is 0 Å². The predicted molar refractivity (Wildman–Crippen MR) is 136 cm³/mol. The van der Waals surface area contributed by atoms with Gasteiger partial charge in [-0.2, -0.15) is 0 Å². The number of nitrogens with one attached hydrogen (secondary N) is 1. The number of benzene rings is 3. The zero-order valence-corrected chi connectivity index (χ0v) is 19.9. The van der Waals surface area contributed by atoms with Crippen LogP contribution in [0.2, 0.25) is 0 Å². The van der Waals surface area contributed by atoms with Gasteiger partial charge < -0.3 is 19.9 Å². The summed E-state index contributed by atoms with van der Waals surface area (Å²) >= 11 is 0. The van der Waals surface area contributed by atoms with Gasteiger partial charge in [-0.05, 0) is 61.0 Å². The van der Waals surface area contributed by atoms with Crippen LogP contribution in [0.5, 0.6) is 5.75 Å². The second-order valence-corrected chi connectivity index (χ2v) is 8.49. The molecule has 3 aromatic rings. The lowest BCUT2D eigenvalue weighted by Gasteiger charge is -2.36. The number of rotatable bonds is 8. The van der Waals surface area contributed by atoms with Crippen LogP contribution in [0.1, 0.15) is 40.5 Å². The zero-order chi connectivity index (χ0) is 24.6. The number of amides is 2. The summed E-state index contributed by atoms with van der Waals surface area (Å²) in [6, 6.07) is 20.9. The highest BCUT2D eigenvalue weighted by molar-refractivity contribution is 6.04. The predicted octanol–water partition coefficient (Wildman–Crippen LogP) is 5.22. The highest BCUT2D eigenvalue weighted by Gasteiger charge is 2.24. The molecule has 1 saturated heterocycles. The molecule has 4 rings (SSSR count). The van der Waals surface area contributed by atoms with Gasteiger partial charge in [0.15, 0.2) is 0 Å². The summed E-state index contributed by atoms with van der Waals surface area (Å²) in [6.45, 7) is 5.07. The third-order valence-corrected chi connectivity index (χ3v) is 6.02. The first-order valence-corrected chi connectivity index (χ1v) is 12.0. The third kappa shape index (κ3) is 6.18. The van der Waals surface area contributed by atoms with Gasteiger partial charge >= 0.3 is 0 Å². The van der Waals surface area contributed by atoms with Crippen LogP contribution in [-0.4, -0.2) is 49.5 Å². The minimum absolute atomic E-state index is 0.110. The summed E-state index contributed by atoms with van der Waals surface area (Å²) in [5, 5.41) is 2.93. The lowest BCUT2D eigenvalue weighted by atomic mass is 10.1. The molecule has 0 spiro atoms. The first-order valence-electron chi connectivity index (χ1n) is 12.0. The van der Waals surface area contributed by atoms with Crippen molar-refractivity contribution in [3.63, 3.8) is 0 Å². The first-order chi connectivity index (χ1) is 17.0. The van der Waals surface area contributed by atoms with Gasteiger partial charge in [-0.1, -0.05) is 31.5 Å². The molecule has 7 heteroatoms. The highest BCUT2D eigenvalue weighted by atomic mass is 19.1. The average molecular weight is 476 g/mol. The molecule has 0 bridgehead atoms. The van der Waals surface area contributed by atoms with Crippen molar-refractivity contribution in [3.05, 3.63) is 89.7 Å². The number of carbonyl (C=O) groups is 2. The molecule has 0 unspecified atom stereocenters. The van der Waals surface area contributed by atoms with Crippen molar-refractivity contribution in [1.82, 2.24) is 4.90 Å². The van der Waals surface area contributed by atoms with E-state index in [0.29, 0.717) is 49.8 Å². The molecular formula is C28H30FN3O3. The van der Waals surface area contributed by atoms with E-state index in [1.165, 1.54) is 12.1 Å². The van der Waals surface area contributed by atoms with Crippen molar-refractivity contribution < 1.29 is 18.7 Å². The third-order valence-electron chi connectivity index (χ3n) is 6.02. The van der Waals surface area contributed by atoms with Crippen LogP contribution in [0.3, 0.4) is 0 Å². The van der Waals surface area contributed by atoms with Crippen molar-refractivity contribution in [1.29, 1.82) is 0 Å². The van der Waals surface area contributed by atoms with E-state index in [1.54, 1.807) is 29.2 Å². The van der Waals surface area contributed by atoms with Gasteiger partial charge in [0.05, 0.1) is 12.2 Å². The Morgan fingerprint density at radius 3 is 2.40 bits per heavy atom. The van der Waals surface area contributed by atoms with Crippen molar-refractivity contribution in [2.75, 3.05) is 43.0 Å². The number of anilines is 2. The van der Waals surface area contributed by atoms with Crippen molar-refractivity contribution in [2.45, 2.75) is 19.8 Å². The smallest absolute Gasteiger partial charge is 0.256 e. The Hall–Kier alpha value is -3.87. The number of hydrogen-bond donors (Lipinski definition) is 1. The molecular weight excluding hydrogens is 445 g/mol. The van der Waals surface area contributed by atoms with Gasteiger partial charge in [0.25, 0.3) is 11.8 Å². The van der Waals surface area contributed by atoms with E-state index in [2.05, 4.69) is 17.1 Å². The van der Waals surface area contributed by atoms with Gasteiger partial charge in [0, 0.05) is 43.1 Å². The molecule has 0 atom stereocenters. The number of piperazine rings is 1. The van der Waals surface area contributed by atoms with Gasteiger partial charge in [0.1, 0.15) is 11.6 Å². The second-order valence-electron chi connectivity index (χ2n) is 8.49. The van der Waals surface area contributed by atoms with E-state index in [9.17, 15) is 14.0 Å². The number of carbonyl (C=O) groups excluding carboxylic acids is 2. The number of ether oxygens (including phenoxy) is 1. The summed E-state index contributed by atoms with van der Waals surface area (Å²) in [7, 11) is 0. The Kier molecular flexibility index (Phi) is 7.98. The Morgan fingerprint density at radius 2 is 1.69 bits per heavy atom. The average Bonchev–Trinajstić information content (AvgIpc) is 2.89. The molecule has 0 aliphatic carbocycles. The summed E-state index contributed by atoms with van der Waals surface area (Å²) in [4.78, 5) is 29.2. The van der Waals surface area contributed by atoms with E-state index in [0.717, 1.165) is 18.5 Å². The van der Waals surface area contributed by atoms with E-state index in [1.807, 2.05) is 36.4 Å². The Labute approximate surface area is 205 Å². The van der Waals surface area contributed by atoms with E-state index < -0.39 is 5.82 Å². The fourth-order valence-corrected chi connectivity index (χ4v) is 3.99. The highest BCUT2D eigenvalue weighted by Crippen LogP contribution is 2.22. The number of unbranched alkanes of at least 4 members (excludes halogenated alkanes) is 1. The molecule has 1 aliphatic heterocycles. The molecule has 1 fully saturated rings. The lowest BCUT2D eigenvalue weighted by Crippen LogP contribution is -2.49. The van der Waals surface area contributed by atoms with Crippen LogP contribution in [0.4, 0.5) is 15.8 Å². The Bertz CT molecular complexity index is 1160. The minimum atomic E-state index is -0.492. The number of hydrogen-bond acceptors (Lipinski definition) is 4. The summed E-state index contributed by atoms with van der Waals surface area (Å²) in [5.41, 5.74) is 2.36. The summed E-state index contributed by atoms with van der Waals surface area (Å²) < 4.78 is 19.7. The maximum atomic E-state index is 14.0. The monoisotopic (exact) mass is 475 g/mol. The quantitative estimate of drug-likeness (QED) is 0.454. The number of halogens is 1. The fraction of sp³-hybridized carbons (Fsp3) is 0.286. The second kappa shape index (κ2) is 11.5. The molecule has 1 heterocycles. The lowest BCUT2D eigenvalue weighted by molar-refractivity contribution is 0.0742. The fourth-order valence-electron chi connectivity index (χ4n) is 3.99. The largest absolute Gasteiger partial charge is 0.494 e. The van der Waals surface area contributed by atoms with Crippen LogP contribution < -0.4 is 15.0 Å². The zero-order valence-electron chi connectivity index (χ0n) is 19.9. The van der Waals surface area contributed by atoms with Crippen LogP contribution in [-0.2, 0) is 0 Å².